The molecule has 7 heteroatoms. The van der Waals surface area contributed by atoms with Crippen LogP contribution in [0.2, 0.25) is 0 Å². The van der Waals surface area contributed by atoms with Crippen molar-refractivity contribution in [1.29, 1.82) is 0 Å². The highest BCUT2D eigenvalue weighted by molar-refractivity contribution is 6.09. The van der Waals surface area contributed by atoms with E-state index in [1.165, 1.54) is 0 Å². The highest BCUT2D eigenvalue weighted by atomic mass is 16.5. The Morgan fingerprint density at radius 2 is 1.70 bits per heavy atom. The number of hydrogen-bond donors (Lipinski definition) is 2. The number of ketones is 1. The van der Waals surface area contributed by atoms with Crippen LogP contribution in [0.15, 0.2) is 91.1 Å². The number of fused-ring (bicyclic) bond motifs is 1. The zero-order chi connectivity index (χ0) is 28.3. The van der Waals surface area contributed by atoms with Gasteiger partial charge in [0.25, 0.3) is 5.91 Å². The topological polar surface area (TPSA) is 89.5 Å². The second-order valence-electron chi connectivity index (χ2n) is 10.4. The summed E-state index contributed by atoms with van der Waals surface area (Å²) in [5, 5.41) is 6.36. The van der Waals surface area contributed by atoms with Gasteiger partial charge in [-0.05, 0) is 93.4 Å². The van der Waals surface area contributed by atoms with Crippen molar-refractivity contribution in [1.82, 2.24) is 10.3 Å². The van der Waals surface area contributed by atoms with Crippen LogP contribution in [0.3, 0.4) is 0 Å². The number of anilines is 1. The van der Waals surface area contributed by atoms with Crippen LogP contribution in [-0.4, -0.2) is 29.3 Å². The second-order valence-corrected chi connectivity index (χ2v) is 10.4. The molecule has 40 heavy (non-hydrogen) atoms. The Morgan fingerprint density at radius 1 is 0.975 bits per heavy atom. The Labute approximate surface area is 233 Å². The molecule has 7 nitrogen and oxygen atoms in total. The quantitative estimate of drug-likeness (QED) is 0.206. The predicted molar refractivity (Wildman–Crippen MR) is 156 cm³/mol. The lowest BCUT2D eigenvalue weighted by Gasteiger charge is -2.35. The molecule has 0 spiro atoms. The van der Waals surface area contributed by atoms with Gasteiger partial charge in [-0.15, -0.1) is 0 Å². The van der Waals surface area contributed by atoms with Gasteiger partial charge >= 0.3 is 0 Å². The first-order valence-electron chi connectivity index (χ1n) is 13.0. The fraction of sp³-hybridized carbons (Fsp3) is 0.182. The van der Waals surface area contributed by atoms with Gasteiger partial charge in [-0.1, -0.05) is 23.8 Å². The molecule has 2 N–H and O–H groups in total. The molecule has 0 saturated heterocycles. The van der Waals surface area contributed by atoms with E-state index in [1.807, 2.05) is 49.4 Å². The summed E-state index contributed by atoms with van der Waals surface area (Å²) < 4.78 is 11.3. The molecule has 3 aromatic carbocycles. The number of hydrogen-bond acceptors (Lipinski definition) is 6. The maximum Gasteiger partial charge on any atom is 0.261 e. The average Bonchev–Trinajstić information content (AvgIpc) is 2.94. The van der Waals surface area contributed by atoms with Crippen molar-refractivity contribution < 1.29 is 19.1 Å². The Balaban J connectivity index is 1.32. The van der Waals surface area contributed by atoms with Gasteiger partial charge in [0.2, 0.25) is 5.88 Å². The molecule has 2 heterocycles. The average molecular weight is 534 g/mol. The smallest absolute Gasteiger partial charge is 0.261 e. The van der Waals surface area contributed by atoms with E-state index in [1.54, 1.807) is 55.8 Å². The van der Waals surface area contributed by atoms with Crippen molar-refractivity contribution in [2.45, 2.75) is 32.7 Å². The number of carbonyl (C=O) groups is 2. The molecule has 0 aliphatic carbocycles. The molecule has 0 bridgehead atoms. The largest absolute Gasteiger partial charge is 0.497 e. The number of ether oxygens (including phenoxy) is 2. The summed E-state index contributed by atoms with van der Waals surface area (Å²) in [6, 6.07) is 23.6. The maximum absolute atomic E-state index is 13.2. The van der Waals surface area contributed by atoms with Crippen LogP contribution >= 0.6 is 0 Å². The maximum atomic E-state index is 13.2. The van der Waals surface area contributed by atoms with Crippen LogP contribution < -0.4 is 20.1 Å². The Morgan fingerprint density at radius 3 is 2.42 bits per heavy atom. The Hall–Kier alpha value is -4.91. The highest BCUT2D eigenvalue weighted by Crippen LogP contribution is 2.32. The lowest BCUT2D eigenvalue weighted by Crippen LogP contribution is -2.43. The standard InChI is InChI=1S/C33H31N3O4/c1-21-7-14-25(15-8-21)40-32-27(6-5-17-34-32)31(38)35-24-12-9-22(10-13-24)30(37)19-29-28-18-26(39-4)16-11-23(28)20-33(2,3)36-29/h5-19,36H,20H2,1-4H3,(H,35,38)/b29-19-. The van der Waals surface area contributed by atoms with E-state index >= 15 is 0 Å². The Bertz CT molecular complexity index is 1590. The molecule has 1 aliphatic rings. The number of carbonyl (C=O) groups excluding carboxylic acids is 2. The molecule has 1 amide bonds. The molecule has 202 valence electrons. The number of pyridine rings is 1. The minimum absolute atomic E-state index is 0.145. The molecule has 1 aliphatic heterocycles. The number of aromatic nitrogens is 1. The summed E-state index contributed by atoms with van der Waals surface area (Å²) in [5.41, 5.74) is 5.12. The summed E-state index contributed by atoms with van der Waals surface area (Å²) in [6.07, 6.45) is 4.03. The zero-order valence-corrected chi connectivity index (χ0v) is 22.9. The normalized spacial score (nSPS) is 14.6. The number of amides is 1. The molecule has 0 fully saturated rings. The van der Waals surface area contributed by atoms with Gasteiger partial charge in [0, 0.05) is 40.3 Å². The molecule has 0 saturated carbocycles. The minimum atomic E-state index is -0.365. The third kappa shape index (κ3) is 6.04. The van der Waals surface area contributed by atoms with E-state index < -0.39 is 0 Å². The van der Waals surface area contributed by atoms with Crippen LogP contribution in [-0.2, 0) is 6.42 Å². The zero-order valence-electron chi connectivity index (χ0n) is 22.9. The summed E-state index contributed by atoms with van der Waals surface area (Å²) in [7, 11) is 1.63. The number of nitrogens with zero attached hydrogens (tertiary/aromatic N) is 1. The van der Waals surface area contributed by atoms with E-state index in [-0.39, 0.29) is 23.1 Å². The van der Waals surface area contributed by atoms with Gasteiger partial charge in [-0.25, -0.2) is 4.98 Å². The SMILES string of the molecule is COc1ccc2c(c1)/C(=C/C(=O)c1ccc(NC(=O)c3cccnc3Oc3ccc(C)cc3)cc1)NC(C)(C)C2. The lowest BCUT2D eigenvalue weighted by atomic mass is 9.85. The lowest BCUT2D eigenvalue weighted by molar-refractivity contribution is 0.102. The summed E-state index contributed by atoms with van der Waals surface area (Å²) in [4.78, 5) is 30.5. The third-order valence-electron chi connectivity index (χ3n) is 6.67. The van der Waals surface area contributed by atoms with E-state index in [4.69, 9.17) is 9.47 Å². The van der Waals surface area contributed by atoms with Gasteiger partial charge in [0.1, 0.15) is 17.1 Å². The number of aryl methyl sites for hydroxylation is 1. The summed E-state index contributed by atoms with van der Waals surface area (Å²) in [5.74, 6) is 1.03. The third-order valence-corrected chi connectivity index (χ3v) is 6.67. The van der Waals surface area contributed by atoms with Crippen LogP contribution in [0.4, 0.5) is 5.69 Å². The fourth-order valence-electron chi connectivity index (χ4n) is 4.65. The minimum Gasteiger partial charge on any atom is -0.497 e. The van der Waals surface area contributed by atoms with Crippen LogP contribution in [0.25, 0.3) is 5.70 Å². The highest BCUT2D eigenvalue weighted by Gasteiger charge is 2.28. The second kappa shape index (κ2) is 11.1. The summed E-state index contributed by atoms with van der Waals surface area (Å²) in [6.45, 7) is 6.20. The van der Waals surface area contributed by atoms with Crippen LogP contribution in [0, 0.1) is 6.92 Å². The van der Waals surface area contributed by atoms with E-state index in [2.05, 4.69) is 29.5 Å². The number of rotatable bonds is 7. The number of methoxy groups -OCH3 is 1. The van der Waals surface area contributed by atoms with Crippen LogP contribution in [0.5, 0.6) is 17.4 Å². The van der Waals surface area contributed by atoms with Crippen molar-refractivity contribution in [3.63, 3.8) is 0 Å². The van der Waals surface area contributed by atoms with Crippen LogP contribution in [0.1, 0.15) is 51.3 Å². The van der Waals surface area contributed by atoms with E-state index in [9.17, 15) is 9.59 Å². The van der Waals surface area contributed by atoms with Crippen molar-refractivity contribution in [2.75, 3.05) is 12.4 Å². The first-order valence-corrected chi connectivity index (χ1v) is 13.0. The van der Waals surface area contributed by atoms with Gasteiger partial charge in [-0.3, -0.25) is 9.59 Å². The Kier molecular flexibility index (Phi) is 7.38. The van der Waals surface area contributed by atoms with Crippen molar-refractivity contribution in [2.24, 2.45) is 0 Å². The molecule has 0 unspecified atom stereocenters. The van der Waals surface area contributed by atoms with Gasteiger partial charge in [-0.2, -0.15) is 0 Å². The molecule has 5 rings (SSSR count). The molecule has 4 aromatic rings. The molecular weight excluding hydrogens is 502 g/mol. The first-order chi connectivity index (χ1) is 19.2. The predicted octanol–water partition coefficient (Wildman–Crippen LogP) is 6.59. The molecule has 0 radical (unpaired) electrons. The monoisotopic (exact) mass is 533 g/mol. The molecular formula is C33H31N3O4. The first kappa shape index (κ1) is 26.7. The molecule has 1 aromatic heterocycles. The van der Waals surface area contributed by atoms with E-state index in [0.717, 1.165) is 34.6 Å². The van der Waals surface area contributed by atoms with E-state index in [0.29, 0.717) is 22.6 Å². The van der Waals surface area contributed by atoms with Crippen molar-refractivity contribution >= 4 is 23.1 Å². The number of allylic oxidation sites excluding steroid dienone is 1. The number of benzene rings is 3. The number of nitrogens with one attached hydrogen (secondary N) is 2. The van der Waals surface area contributed by atoms with Crippen molar-refractivity contribution in [3.8, 4) is 17.4 Å². The van der Waals surface area contributed by atoms with Crippen molar-refractivity contribution in [3.05, 3.63) is 119 Å². The molecule has 0 atom stereocenters. The summed E-state index contributed by atoms with van der Waals surface area (Å²) >= 11 is 0. The van der Waals surface area contributed by atoms with Gasteiger partial charge in [0.05, 0.1) is 7.11 Å². The fourth-order valence-corrected chi connectivity index (χ4v) is 4.65. The van der Waals surface area contributed by atoms with Gasteiger partial charge < -0.3 is 20.1 Å². The van der Waals surface area contributed by atoms with Gasteiger partial charge in [0.15, 0.2) is 5.78 Å².